The summed E-state index contributed by atoms with van der Waals surface area (Å²) in [6.45, 7) is 0. The molecule has 1 aliphatic rings. The number of alkyl halides is 2. The largest absolute Gasteiger partial charge is 0.341 e. The number of carbonyl (C=O) groups is 1. The summed E-state index contributed by atoms with van der Waals surface area (Å²) in [5.41, 5.74) is 0.0752. The molecule has 1 aliphatic heterocycles. The second-order valence-electron chi connectivity index (χ2n) is 5.88. The van der Waals surface area contributed by atoms with Crippen molar-refractivity contribution in [2.24, 2.45) is 0 Å². The molecule has 2 rings (SSSR count). The summed E-state index contributed by atoms with van der Waals surface area (Å²) in [5, 5.41) is 2.73. The van der Waals surface area contributed by atoms with E-state index < -0.39 is 42.3 Å². The van der Waals surface area contributed by atoms with Gasteiger partial charge >= 0.3 is 5.76 Å². The quantitative estimate of drug-likeness (QED) is 0.684. The molecule has 1 saturated heterocycles. The Bertz CT molecular complexity index is 852. The van der Waals surface area contributed by atoms with Gasteiger partial charge in [-0.1, -0.05) is 0 Å². The number of sulfone groups is 2. The Kier molecular flexibility index (Phi) is 5.50. The summed E-state index contributed by atoms with van der Waals surface area (Å²) in [4.78, 5) is 12.1. The predicted octanol–water partition coefficient (Wildman–Crippen LogP) is 0.789. The number of benzene rings is 1. The van der Waals surface area contributed by atoms with Gasteiger partial charge in [0.1, 0.15) is 0 Å². The van der Waals surface area contributed by atoms with E-state index in [0.29, 0.717) is 6.42 Å². The van der Waals surface area contributed by atoms with Crippen molar-refractivity contribution < 1.29 is 30.4 Å². The number of nitrogens with zero attached hydrogens (tertiary/aromatic N) is 2. The lowest BCUT2D eigenvalue weighted by atomic mass is 10.1. The number of rotatable bonds is 5. The van der Waals surface area contributed by atoms with Gasteiger partial charge in [-0.3, -0.25) is 9.80 Å². The number of hydrogen-bond acceptors (Lipinski definition) is 6. The standard InChI is InChI=1S/C14H18F2N2O5S2/c1-17(2)18(11-7-8-24(20,21)9-11)13(19)10-3-5-12(6-4-10)25(22,23)14(15)16/h3-6,11,14H,7-9H2,1-2H3/t11-/m0/s1. The smallest absolute Gasteiger partial charge is 0.268 e. The molecule has 1 amide bonds. The molecule has 11 heteroatoms. The minimum atomic E-state index is -4.73. The molecule has 1 aromatic rings. The first-order valence-electron chi connectivity index (χ1n) is 7.29. The Morgan fingerprint density at radius 1 is 1.20 bits per heavy atom. The average Bonchev–Trinajstić information content (AvgIpc) is 2.86. The van der Waals surface area contributed by atoms with Crippen molar-refractivity contribution in [3.8, 4) is 0 Å². The van der Waals surface area contributed by atoms with Gasteiger partial charge in [-0.05, 0) is 30.7 Å². The average molecular weight is 396 g/mol. The van der Waals surface area contributed by atoms with Crippen molar-refractivity contribution >= 4 is 25.6 Å². The Morgan fingerprint density at radius 3 is 2.16 bits per heavy atom. The SMILES string of the molecule is CN(C)N(C(=O)c1ccc(S(=O)(=O)C(F)F)cc1)[C@H]1CCS(=O)(=O)C1. The maximum absolute atomic E-state index is 12.7. The van der Waals surface area contributed by atoms with Crippen LogP contribution >= 0.6 is 0 Å². The van der Waals surface area contributed by atoms with Crippen LogP contribution in [0.4, 0.5) is 8.78 Å². The molecule has 0 N–H and O–H groups in total. The number of halogens is 2. The van der Waals surface area contributed by atoms with Crippen LogP contribution in [0.1, 0.15) is 16.8 Å². The Hall–Kier alpha value is -1.59. The third kappa shape index (κ3) is 4.15. The minimum Gasteiger partial charge on any atom is -0.268 e. The molecular weight excluding hydrogens is 378 g/mol. The topological polar surface area (TPSA) is 91.8 Å². The van der Waals surface area contributed by atoms with E-state index in [1.54, 1.807) is 14.1 Å². The van der Waals surface area contributed by atoms with Gasteiger partial charge in [0.2, 0.25) is 9.84 Å². The first-order valence-corrected chi connectivity index (χ1v) is 10.7. The Balaban J connectivity index is 2.29. The highest BCUT2D eigenvalue weighted by atomic mass is 32.2. The molecular formula is C14H18F2N2O5S2. The highest BCUT2D eigenvalue weighted by Crippen LogP contribution is 2.23. The normalized spacial score (nSPS) is 20.2. The third-order valence-electron chi connectivity index (χ3n) is 3.86. The second kappa shape index (κ2) is 6.96. The number of hydrazine groups is 1. The van der Waals surface area contributed by atoms with E-state index in [9.17, 15) is 30.4 Å². The van der Waals surface area contributed by atoms with E-state index in [1.165, 1.54) is 10.0 Å². The van der Waals surface area contributed by atoms with Crippen LogP contribution in [0.25, 0.3) is 0 Å². The van der Waals surface area contributed by atoms with Gasteiger partial charge in [0.25, 0.3) is 5.91 Å². The van der Waals surface area contributed by atoms with Gasteiger partial charge in [0.05, 0.1) is 22.4 Å². The predicted molar refractivity (Wildman–Crippen MR) is 86.5 cm³/mol. The third-order valence-corrected chi connectivity index (χ3v) is 7.01. The molecule has 0 saturated carbocycles. The molecule has 25 heavy (non-hydrogen) atoms. The monoisotopic (exact) mass is 396 g/mol. The molecule has 0 radical (unpaired) electrons. The van der Waals surface area contributed by atoms with Crippen molar-refractivity contribution in [1.29, 1.82) is 0 Å². The molecule has 0 spiro atoms. The molecule has 0 aliphatic carbocycles. The fourth-order valence-electron chi connectivity index (χ4n) is 2.66. The van der Waals surface area contributed by atoms with E-state index in [4.69, 9.17) is 0 Å². The van der Waals surface area contributed by atoms with E-state index in [-0.39, 0.29) is 17.1 Å². The van der Waals surface area contributed by atoms with E-state index in [1.807, 2.05) is 0 Å². The zero-order valence-electron chi connectivity index (χ0n) is 13.6. The fraction of sp³-hybridized carbons (Fsp3) is 0.500. The summed E-state index contributed by atoms with van der Waals surface area (Å²) >= 11 is 0. The number of carbonyl (C=O) groups excluding carboxylic acids is 1. The maximum atomic E-state index is 12.7. The molecule has 7 nitrogen and oxygen atoms in total. The summed E-state index contributed by atoms with van der Waals surface area (Å²) in [5.74, 6) is -4.25. The zero-order chi connectivity index (χ0) is 19.0. The van der Waals surface area contributed by atoms with Crippen molar-refractivity contribution in [2.45, 2.75) is 23.1 Å². The first kappa shape index (κ1) is 19.7. The molecule has 0 aromatic heterocycles. The van der Waals surface area contributed by atoms with Crippen molar-refractivity contribution in [3.63, 3.8) is 0 Å². The lowest BCUT2D eigenvalue weighted by Crippen LogP contribution is -2.49. The van der Waals surface area contributed by atoms with Crippen molar-refractivity contribution in [1.82, 2.24) is 10.0 Å². The molecule has 1 atom stereocenters. The van der Waals surface area contributed by atoms with Crippen molar-refractivity contribution in [3.05, 3.63) is 29.8 Å². The molecule has 1 fully saturated rings. The van der Waals surface area contributed by atoms with Gasteiger partial charge in [0, 0.05) is 19.7 Å². The highest BCUT2D eigenvalue weighted by molar-refractivity contribution is 7.92. The van der Waals surface area contributed by atoms with E-state index in [0.717, 1.165) is 24.3 Å². The zero-order valence-corrected chi connectivity index (χ0v) is 15.2. The minimum absolute atomic E-state index is 0.0130. The van der Waals surface area contributed by atoms with Crippen molar-refractivity contribution in [2.75, 3.05) is 25.6 Å². The van der Waals surface area contributed by atoms with Gasteiger partial charge in [-0.25, -0.2) is 21.8 Å². The second-order valence-corrected chi connectivity index (χ2v) is 10.0. The van der Waals surface area contributed by atoms with Crippen LogP contribution in [0.3, 0.4) is 0 Å². The Morgan fingerprint density at radius 2 is 1.76 bits per heavy atom. The summed E-state index contributed by atoms with van der Waals surface area (Å²) in [7, 11) is -4.78. The van der Waals surface area contributed by atoms with Crippen LogP contribution in [0.15, 0.2) is 29.2 Å². The Labute approximate surface area is 145 Å². The van der Waals surface area contributed by atoms with Crippen LogP contribution in [0, 0.1) is 0 Å². The summed E-state index contributed by atoms with van der Waals surface area (Å²) in [6, 6.07) is 3.62. The van der Waals surface area contributed by atoms with E-state index in [2.05, 4.69) is 0 Å². The van der Waals surface area contributed by atoms with Crippen LogP contribution in [0.2, 0.25) is 0 Å². The highest BCUT2D eigenvalue weighted by Gasteiger charge is 2.36. The summed E-state index contributed by atoms with van der Waals surface area (Å²) in [6.07, 6.45) is 0.296. The lowest BCUT2D eigenvalue weighted by molar-refractivity contribution is 0.00100. The molecule has 140 valence electrons. The van der Waals surface area contributed by atoms with Gasteiger partial charge in [-0.2, -0.15) is 8.78 Å². The van der Waals surface area contributed by atoms with Gasteiger partial charge in [0.15, 0.2) is 9.84 Å². The fourth-order valence-corrected chi connectivity index (χ4v) is 5.08. The molecule has 0 unspecified atom stereocenters. The van der Waals surface area contributed by atoms with Crippen LogP contribution in [-0.4, -0.2) is 70.2 Å². The lowest BCUT2D eigenvalue weighted by Gasteiger charge is -2.33. The maximum Gasteiger partial charge on any atom is 0.341 e. The molecule has 0 bridgehead atoms. The number of amides is 1. The van der Waals surface area contributed by atoms with Gasteiger partial charge < -0.3 is 0 Å². The van der Waals surface area contributed by atoms with E-state index >= 15 is 0 Å². The molecule has 1 aromatic carbocycles. The molecule has 1 heterocycles. The summed E-state index contributed by atoms with van der Waals surface area (Å²) < 4.78 is 71.2. The number of hydrogen-bond donors (Lipinski definition) is 0. The van der Waals surface area contributed by atoms with Crippen LogP contribution in [-0.2, 0) is 19.7 Å². The van der Waals surface area contributed by atoms with Crippen LogP contribution in [0.5, 0.6) is 0 Å². The first-order chi connectivity index (χ1) is 11.5. The van der Waals surface area contributed by atoms with Crippen LogP contribution < -0.4 is 0 Å². The van der Waals surface area contributed by atoms with Gasteiger partial charge in [-0.15, -0.1) is 0 Å².